The molecule has 8 nitrogen and oxygen atoms in total. The number of fused-ring (bicyclic) bond motifs is 1. The van der Waals surface area contributed by atoms with Crippen molar-refractivity contribution < 1.29 is 14.3 Å². The Morgan fingerprint density at radius 3 is 2.81 bits per heavy atom. The Hall–Kier alpha value is -3.55. The summed E-state index contributed by atoms with van der Waals surface area (Å²) < 4.78 is 7.11. The number of ether oxygens (including phenoxy) is 1. The van der Waals surface area contributed by atoms with Crippen molar-refractivity contribution in [2.45, 2.75) is 38.3 Å². The Bertz CT molecular complexity index is 1070. The fraction of sp³-hybridized carbons (Fsp3) is 0.348. The zero-order valence-electron chi connectivity index (χ0n) is 17.6. The van der Waals surface area contributed by atoms with Crippen LogP contribution in [-0.4, -0.2) is 41.2 Å². The van der Waals surface area contributed by atoms with Crippen molar-refractivity contribution in [3.05, 3.63) is 54.4 Å². The molecule has 0 atom stereocenters. The van der Waals surface area contributed by atoms with Crippen molar-refractivity contribution in [3.63, 3.8) is 0 Å². The highest BCUT2D eigenvalue weighted by molar-refractivity contribution is 5.97. The van der Waals surface area contributed by atoms with E-state index in [4.69, 9.17) is 4.74 Å². The number of anilines is 1. The van der Waals surface area contributed by atoms with Gasteiger partial charge in [0.25, 0.3) is 5.91 Å². The van der Waals surface area contributed by atoms with Crippen LogP contribution in [0.4, 0.5) is 10.5 Å². The Labute approximate surface area is 181 Å². The van der Waals surface area contributed by atoms with Gasteiger partial charge in [0.05, 0.1) is 24.5 Å². The molecule has 162 valence electrons. The molecule has 8 heteroatoms. The van der Waals surface area contributed by atoms with Crippen LogP contribution in [0.1, 0.15) is 36.0 Å². The third kappa shape index (κ3) is 5.14. The molecule has 0 aliphatic heterocycles. The summed E-state index contributed by atoms with van der Waals surface area (Å²) in [6.45, 7) is 1.00. The molecule has 1 heterocycles. The molecule has 3 aromatic rings. The second-order valence-electron chi connectivity index (χ2n) is 7.71. The van der Waals surface area contributed by atoms with Gasteiger partial charge in [-0.15, -0.1) is 0 Å². The standard InChI is InChI=1S/C23H27N5O3/c1-31-19-8-4-7-18(14-19)27-23(30)24-11-12-28-15-25-20-13-16(9-10-21(20)28)22(29)26-17-5-2-3-6-17/h4,7-10,13-15,17H,2-3,5-6,11-12H2,1H3,(H,26,29)(H2,24,27,30). The summed E-state index contributed by atoms with van der Waals surface area (Å²) in [6, 6.07) is 12.7. The maximum atomic E-state index is 12.5. The van der Waals surface area contributed by atoms with E-state index in [-0.39, 0.29) is 18.0 Å². The molecule has 1 saturated carbocycles. The number of amides is 3. The predicted molar refractivity (Wildman–Crippen MR) is 119 cm³/mol. The number of rotatable bonds is 7. The number of hydrogen-bond acceptors (Lipinski definition) is 4. The summed E-state index contributed by atoms with van der Waals surface area (Å²) >= 11 is 0. The van der Waals surface area contributed by atoms with Crippen LogP contribution in [0.2, 0.25) is 0 Å². The van der Waals surface area contributed by atoms with Crippen LogP contribution in [0.3, 0.4) is 0 Å². The van der Waals surface area contributed by atoms with E-state index in [9.17, 15) is 9.59 Å². The topological polar surface area (TPSA) is 97.3 Å². The summed E-state index contributed by atoms with van der Waals surface area (Å²) in [5.74, 6) is 0.637. The third-order valence-electron chi connectivity index (χ3n) is 5.54. The quantitative estimate of drug-likeness (QED) is 0.544. The van der Waals surface area contributed by atoms with E-state index in [2.05, 4.69) is 20.9 Å². The molecule has 3 amide bonds. The minimum absolute atomic E-state index is 0.0424. The van der Waals surface area contributed by atoms with Crippen molar-refractivity contribution in [2.75, 3.05) is 19.0 Å². The molecule has 2 aromatic carbocycles. The smallest absolute Gasteiger partial charge is 0.319 e. The molecule has 31 heavy (non-hydrogen) atoms. The highest BCUT2D eigenvalue weighted by Crippen LogP contribution is 2.20. The molecule has 4 rings (SSSR count). The average molecular weight is 422 g/mol. The molecule has 1 aliphatic rings. The first-order chi connectivity index (χ1) is 15.1. The Kier molecular flexibility index (Phi) is 6.35. The van der Waals surface area contributed by atoms with Crippen molar-refractivity contribution in [1.29, 1.82) is 0 Å². The van der Waals surface area contributed by atoms with E-state index in [1.165, 1.54) is 12.8 Å². The second-order valence-corrected chi connectivity index (χ2v) is 7.71. The van der Waals surface area contributed by atoms with Crippen LogP contribution in [0.15, 0.2) is 48.8 Å². The lowest BCUT2D eigenvalue weighted by Crippen LogP contribution is -2.32. The number of nitrogens with one attached hydrogen (secondary N) is 3. The van der Waals surface area contributed by atoms with Gasteiger partial charge in [-0.05, 0) is 43.2 Å². The minimum Gasteiger partial charge on any atom is -0.497 e. The van der Waals surface area contributed by atoms with Gasteiger partial charge in [-0.2, -0.15) is 0 Å². The van der Waals surface area contributed by atoms with Crippen molar-refractivity contribution in [2.24, 2.45) is 0 Å². The normalized spacial score (nSPS) is 13.8. The first-order valence-electron chi connectivity index (χ1n) is 10.6. The zero-order valence-corrected chi connectivity index (χ0v) is 17.6. The van der Waals surface area contributed by atoms with Gasteiger partial charge in [-0.3, -0.25) is 4.79 Å². The first-order valence-corrected chi connectivity index (χ1v) is 10.6. The number of urea groups is 1. The minimum atomic E-state index is -0.288. The summed E-state index contributed by atoms with van der Waals surface area (Å²) in [7, 11) is 1.58. The van der Waals surface area contributed by atoms with Crippen LogP contribution in [0, 0.1) is 0 Å². The maximum Gasteiger partial charge on any atom is 0.319 e. The Morgan fingerprint density at radius 2 is 2.00 bits per heavy atom. The van der Waals surface area contributed by atoms with Gasteiger partial charge in [0, 0.05) is 36.4 Å². The van der Waals surface area contributed by atoms with E-state index in [0.29, 0.717) is 30.1 Å². The molecule has 3 N–H and O–H groups in total. The summed E-state index contributed by atoms with van der Waals surface area (Å²) in [6.07, 6.45) is 6.20. The summed E-state index contributed by atoms with van der Waals surface area (Å²) in [5.41, 5.74) is 2.97. The van der Waals surface area contributed by atoms with E-state index in [1.807, 2.05) is 34.9 Å². The molecule has 0 bridgehead atoms. The van der Waals surface area contributed by atoms with Gasteiger partial charge in [0.15, 0.2) is 0 Å². The van der Waals surface area contributed by atoms with Gasteiger partial charge in [-0.1, -0.05) is 18.9 Å². The number of carbonyl (C=O) groups is 2. The van der Waals surface area contributed by atoms with E-state index in [1.54, 1.807) is 25.6 Å². The van der Waals surface area contributed by atoms with Gasteiger partial charge >= 0.3 is 6.03 Å². The van der Waals surface area contributed by atoms with Gasteiger partial charge < -0.3 is 25.3 Å². The van der Waals surface area contributed by atoms with E-state index < -0.39 is 0 Å². The SMILES string of the molecule is COc1cccc(NC(=O)NCCn2cnc3cc(C(=O)NC4CCCC4)ccc32)c1. The number of imidazole rings is 1. The maximum absolute atomic E-state index is 12.5. The largest absolute Gasteiger partial charge is 0.497 e. The Balaban J connectivity index is 1.31. The van der Waals surface area contributed by atoms with Crippen LogP contribution in [0.25, 0.3) is 11.0 Å². The number of hydrogen-bond donors (Lipinski definition) is 3. The van der Waals surface area contributed by atoms with Crippen molar-refractivity contribution in [1.82, 2.24) is 20.2 Å². The summed E-state index contributed by atoms with van der Waals surface area (Å²) in [4.78, 5) is 29.0. The van der Waals surface area contributed by atoms with E-state index >= 15 is 0 Å². The second kappa shape index (κ2) is 9.51. The van der Waals surface area contributed by atoms with Crippen LogP contribution >= 0.6 is 0 Å². The highest BCUT2D eigenvalue weighted by atomic mass is 16.5. The van der Waals surface area contributed by atoms with Crippen LogP contribution < -0.4 is 20.7 Å². The molecule has 0 spiro atoms. The van der Waals surface area contributed by atoms with Crippen molar-refractivity contribution in [3.8, 4) is 5.75 Å². The molecule has 0 radical (unpaired) electrons. The summed E-state index contributed by atoms with van der Waals surface area (Å²) in [5, 5.41) is 8.73. The molecule has 1 aliphatic carbocycles. The number of aromatic nitrogens is 2. The van der Waals surface area contributed by atoms with Gasteiger partial charge in [0.1, 0.15) is 5.75 Å². The number of carbonyl (C=O) groups excluding carboxylic acids is 2. The fourth-order valence-electron chi connectivity index (χ4n) is 3.89. The van der Waals surface area contributed by atoms with Gasteiger partial charge in [-0.25, -0.2) is 9.78 Å². The van der Waals surface area contributed by atoms with Crippen LogP contribution in [0.5, 0.6) is 5.75 Å². The Morgan fingerprint density at radius 1 is 1.16 bits per heavy atom. The lowest BCUT2D eigenvalue weighted by Gasteiger charge is -2.12. The molecule has 1 fully saturated rings. The molecule has 0 saturated heterocycles. The monoisotopic (exact) mass is 421 g/mol. The van der Waals surface area contributed by atoms with E-state index in [0.717, 1.165) is 23.9 Å². The number of benzene rings is 2. The predicted octanol–water partition coefficient (Wildman–Crippen LogP) is 3.54. The first kappa shape index (κ1) is 20.7. The molecular weight excluding hydrogens is 394 g/mol. The third-order valence-corrected chi connectivity index (χ3v) is 5.54. The van der Waals surface area contributed by atoms with Crippen molar-refractivity contribution >= 4 is 28.7 Å². The number of methoxy groups -OCH3 is 1. The zero-order chi connectivity index (χ0) is 21.6. The lowest BCUT2D eigenvalue weighted by atomic mass is 10.1. The average Bonchev–Trinajstić information content (AvgIpc) is 3.43. The lowest BCUT2D eigenvalue weighted by molar-refractivity contribution is 0.0938. The van der Waals surface area contributed by atoms with Crippen LogP contribution in [-0.2, 0) is 6.54 Å². The number of nitrogens with zero attached hydrogens (tertiary/aromatic N) is 2. The fourth-order valence-corrected chi connectivity index (χ4v) is 3.89. The molecule has 1 aromatic heterocycles. The molecular formula is C23H27N5O3. The molecule has 0 unspecified atom stereocenters. The highest BCUT2D eigenvalue weighted by Gasteiger charge is 2.18. The van der Waals surface area contributed by atoms with Gasteiger partial charge in [0.2, 0.25) is 0 Å².